The lowest BCUT2D eigenvalue weighted by Gasteiger charge is -2.17. The van der Waals surface area contributed by atoms with Gasteiger partial charge in [-0.3, -0.25) is 14.9 Å². The summed E-state index contributed by atoms with van der Waals surface area (Å²) in [5, 5.41) is 12.7. The Hall–Kier alpha value is -4.06. The van der Waals surface area contributed by atoms with Crippen LogP contribution in [0.15, 0.2) is 64.1 Å². The van der Waals surface area contributed by atoms with Crippen LogP contribution in [0.2, 0.25) is 0 Å². The molecule has 1 atom stereocenters. The Morgan fingerprint density at radius 1 is 1.06 bits per heavy atom. The second-order valence-corrected chi connectivity index (χ2v) is 9.05. The number of ether oxygens (including phenoxy) is 3. The summed E-state index contributed by atoms with van der Waals surface area (Å²) in [4.78, 5) is 23.7. The van der Waals surface area contributed by atoms with E-state index in [9.17, 15) is 23.3 Å². The third-order valence-corrected chi connectivity index (χ3v) is 7.09. The van der Waals surface area contributed by atoms with Crippen LogP contribution in [-0.2, 0) is 9.84 Å². The summed E-state index contributed by atoms with van der Waals surface area (Å²) in [5.41, 5.74) is -0.842. The zero-order valence-corrected chi connectivity index (χ0v) is 19.3. The van der Waals surface area contributed by atoms with E-state index in [4.69, 9.17) is 18.6 Å². The molecule has 0 fully saturated rings. The maximum absolute atomic E-state index is 13.3. The number of benzene rings is 2. The Kier molecular flexibility index (Phi) is 7.41. The van der Waals surface area contributed by atoms with E-state index >= 15 is 0 Å². The Balaban J connectivity index is 1.94. The average Bonchev–Trinajstić information content (AvgIpc) is 3.37. The lowest BCUT2D eigenvalue weighted by atomic mass is 10.1. The molecule has 0 bridgehead atoms. The van der Waals surface area contributed by atoms with Crippen molar-refractivity contribution in [1.82, 2.24) is 5.32 Å². The highest BCUT2D eigenvalue weighted by atomic mass is 32.2. The molecule has 3 rings (SSSR count). The van der Waals surface area contributed by atoms with Gasteiger partial charge in [-0.1, -0.05) is 0 Å². The summed E-state index contributed by atoms with van der Waals surface area (Å²) in [6.45, 7) is -0.411. The Morgan fingerprint density at radius 2 is 1.71 bits per heavy atom. The van der Waals surface area contributed by atoms with E-state index < -0.39 is 38.1 Å². The van der Waals surface area contributed by atoms with Crippen LogP contribution < -0.4 is 19.5 Å². The summed E-state index contributed by atoms with van der Waals surface area (Å²) in [7, 11) is 0.0610. The molecule has 3 aromatic rings. The molecule has 1 unspecified atom stereocenters. The van der Waals surface area contributed by atoms with Gasteiger partial charge in [0.05, 0.1) is 43.5 Å². The number of nitrogens with zero attached hydrogens (tertiary/aromatic N) is 1. The quantitative estimate of drug-likeness (QED) is 0.334. The summed E-state index contributed by atoms with van der Waals surface area (Å²) >= 11 is 0. The van der Waals surface area contributed by atoms with Crippen LogP contribution in [0.25, 0.3) is 0 Å². The zero-order chi connectivity index (χ0) is 24.9. The standard InChI is InChI=1S/C22H22N2O9S/c1-30-14-6-8-15(9-7-14)34(28,29)21(18-5-4-10-33-18)13-23-22(25)16-11-19(31-2)20(32-3)12-17(16)24(26)27/h4-12,21H,13H2,1-3H3,(H,23,25). The lowest BCUT2D eigenvalue weighted by molar-refractivity contribution is -0.385. The molecule has 12 heteroatoms. The molecule has 1 heterocycles. The summed E-state index contributed by atoms with van der Waals surface area (Å²) in [5.74, 6) is -0.123. The van der Waals surface area contributed by atoms with Crippen molar-refractivity contribution in [2.75, 3.05) is 27.9 Å². The molecule has 11 nitrogen and oxygen atoms in total. The minimum absolute atomic E-state index is 0.0129. The Labute approximate surface area is 195 Å². The molecule has 0 saturated carbocycles. The number of methoxy groups -OCH3 is 3. The molecule has 0 aliphatic heterocycles. The van der Waals surface area contributed by atoms with Crippen molar-refractivity contribution in [2.24, 2.45) is 0 Å². The number of hydrogen-bond donors (Lipinski definition) is 1. The van der Waals surface area contributed by atoms with Crippen LogP contribution >= 0.6 is 0 Å². The first-order chi connectivity index (χ1) is 16.2. The molecule has 0 radical (unpaired) electrons. The normalized spacial score (nSPS) is 12.0. The first-order valence-corrected chi connectivity index (χ1v) is 11.4. The predicted molar refractivity (Wildman–Crippen MR) is 120 cm³/mol. The molecule has 1 N–H and O–H groups in total. The highest BCUT2D eigenvalue weighted by molar-refractivity contribution is 7.91. The van der Waals surface area contributed by atoms with Gasteiger partial charge in [0.2, 0.25) is 0 Å². The molecule has 180 valence electrons. The van der Waals surface area contributed by atoms with Crippen LogP contribution in [0.5, 0.6) is 17.2 Å². The summed E-state index contributed by atoms with van der Waals surface area (Å²) in [6.07, 6.45) is 1.31. The number of sulfone groups is 1. The van der Waals surface area contributed by atoms with Crippen LogP contribution in [-0.4, -0.2) is 47.1 Å². The second kappa shape index (κ2) is 10.3. The SMILES string of the molecule is COc1ccc(S(=O)(=O)C(CNC(=O)c2cc(OC)c(OC)cc2[N+](=O)[O-])c2ccco2)cc1. The number of nitrogens with one attached hydrogen (secondary N) is 1. The van der Waals surface area contributed by atoms with Gasteiger partial charge in [-0.15, -0.1) is 0 Å². The molecule has 0 aliphatic rings. The van der Waals surface area contributed by atoms with Gasteiger partial charge in [0.1, 0.15) is 22.3 Å². The van der Waals surface area contributed by atoms with Crippen molar-refractivity contribution < 1.29 is 36.8 Å². The van der Waals surface area contributed by atoms with E-state index in [1.807, 2.05) is 0 Å². The number of amides is 1. The molecule has 0 spiro atoms. The molecular formula is C22H22N2O9S. The van der Waals surface area contributed by atoms with Gasteiger partial charge in [-0.05, 0) is 36.4 Å². The monoisotopic (exact) mass is 490 g/mol. The van der Waals surface area contributed by atoms with E-state index in [-0.39, 0.29) is 27.7 Å². The van der Waals surface area contributed by atoms with Crippen molar-refractivity contribution in [3.05, 3.63) is 76.2 Å². The first kappa shape index (κ1) is 24.6. The largest absolute Gasteiger partial charge is 0.497 e. The second-order valence-electron chi connectivity index (χ2n) is 6.92. The average molecular weight is 490 g/mol. The highest BCUT2D eigenvalue weighted by Crippen LogP contribution is 2.35. The molecule has 0 aliphatic carbocycles. The summed E-state index contributed by atoms with van der Waals surface area (Å²) < 4.78 is 47.2. The van der Waals surface area contributed by atoms with Crippen LogP contribution in [0.3, 0.4) is 0 Å². The minimum Gasteiger partial charge on any atom is -0.497 e. The fourth-order valence-corrected chi connectivity index (χ4v) is 4.84. The zero-order valence-electron chi connectivity index (χ0n) is 18.5. The number of nitro groups is 1. The van der Waals surface area contributed by atoms with Crippen molar-refractivity contribution in [3.8, 4) is 17.2 Å². The Bertz CT molecular complexity index is 1270. The maximum atomic E-state index is 13.3. The van der Waals surface area contributed by atoms with Crippen LogP contribution in [0, 0.1) is 10.1 Å². The smallest absolute Gasteiger partial charge is 0.286 e. The number of carbonyl (C=O) groups excluding carboxylic acids is 1. The van der Waals surface area contributed by atoms with Crippen LogP contribution in [0.4, 0.5) is 5.69 Å². The van der Waals surface area contributed by atoms with Gasteiger partial charge in [0.25, 0.3) is 11.6 Å². The number of hydrogen-bond acceptors (Lipinski definition) is 9. The van der Waals surface area contributed by atoms with Crippen molar-refractivity contribution in [1.29, 1.82) is 0 Å². The number of carbonyl (C=O) groups is 1. The van der Waals surface area contributed by atoms with Crippen LogP contribution in [0.1, 0.15) is 21.4 Å². The van der Waals surface area contributed by atoms with E-state index in [0.29, 0.717) is 5.75 Å². The van der Waals surface area contributed by atoms with Gasteiger partial charge >= 0.3 is 0 Å². The minimum atomic E-state index is -4.02. The summed E-state index contributed by atoms with van der Waals surface area (Å²) in [6, 6.07) is 11.0. The van der Waals surface area contributed by atoms with Gasteiger partial charge in [-0.2, -0.15) is 0 Å². The Morgan fingerprint density at radius 3 is 2.24 bits per heavy atom. The van der Waals surface area contributed by atoms with Gasteiger partial charge in [-0.25, -0.2) is 8.42 Å². The number of nitro benzene ring substituents is 1. The van der Waals surface area contributed by atoms with Crippen molar-refractivity contribution in [2.45, 2.75) is 10.1 Å². The third-order valence-electron chi connectivity index (χ3n) is 5.01. The van der Waals surface area contributed by atoms with E-state index in [2.05, 4.69) is 5.32 Å². The topological polar surface area (TPSA) is 147 Å². The maximum Gasteiger partial charge on any atom is 0.286 e. The van der Waals surface area contributed by atoms with Gasteiger partial charge < -0.3 is 23.9 Å². The number of furan rings is 1. The van der Waals surface area contributed by atoms with Crippen molar-refractivity contribution >= 4 is 21.4 Å². The van der Waals surface area contributed by atoms with E-state index in [0.717, 1.165) is 12.1 Å². The van der Waals surface area contributed by atoms with Gasteiger partial charge in [0.15, 0.2) is 21.3 Å². The molecule has 1 aromatic heterocycles. The van der Waals surface area contributed by atoms with Crippen molar-refractivity contribution in [3.63, 3.8) is 0 Å². The fraction of sp³-hybridized carbons (Fsp3) is 0.227. The molecule has 0 saturated heterocycles. The lowest BCUT2D eigenvalue weighted by Crippen LogP contribution is -2.32. The highest BCUT2D eigenvalue weighted by Gasteiger charge is 2.33. The van der Waals surface area contributed by atoms with Gasteiger partial charge in [0, 0.05) is 12.6 Å². The molecule has 34 heavy (non-hydrogen) atoms. The molecule has 2 aromatic carbocycles. The van der Waals surface area contributed by atoms with E-state index in [1.165, 1.54) is 64.0 Å². The van der Waals surface area contributed by atoms with E-state index in [1.54, 1.807) is 0 Å². The molecule has 1 amide bonds. The third kappa shape index (κ3) is 4.96. The predicted octanol–water partition coefficient (Wildman–Crippen LogP) is 3.16. The molecular weight excluding hydrogens is 468 g/mol. The first-order valence-electron chi connectivity index (χ1n) is 9.82. The fourth-order valence-electron chi connectivity index (χ4n) is 3.25. The number of rotatable bonds is 10.